The Kier molecular flexibility index (Phi) is 4.71. The highest BCUT2D eigenvalue weighted by atomic mass is 16.5. The van der Waals surface area contributed by atoms with E-state index in [1.165, 1.54) is 36.8 Å². The standard InChI is InChI=1S/C15H14O6/c1-2-19-13(16)9-10(14(17)11-5-3-7-20-11)15(18)12-6-4-8-21-12/h3-8,10H,2,9H2,1H3. The number of ether oxygens (including phenoxy) is 1. The van der Waals surface area contributed by atoms with Crippen LogP contribution in [0.15, 0.2) is 45.6 Å². The molecule has 0 N–H and O–H groups in total. The number of carbonyl (C=O) groups excluding carboxylic acids is 3. The minimum absolute atomic E-state index is 0.0178. The average molecular weight is 290 g/mol. The molecule has 0 unspecified atom stereocenters. The van der Waals surface area contributed by atoms with E-state index in [9.17, 15) is 14.4 Å². The van der Waals surface area contributed by atoms with Crippen molar-refractivity contribution in [3.05, 3.63) is 48.3 Å². The fraction of sp³-hybridized carbons (Fsp3) is 0.267. The van der Waals surface area contributed by atoms with Crippen LogP contribution in [0.3, 0.4) is 0 Å². The zero-order valence-electron chi connectivity index (χ0n) is 11.4. The Morgan fingerprint density at radius 3 is 1.95 bits per heavy atom. The monoisotopic (exact) mass is 290 g/mol. The summed E-state index contributed by atoms with van der Waals surface area (Å²) in [5, 5.41) is 0. The molecule has 0 amide bonds. The van der Waals surface area contributed by atoms with Gasteiger partial charge in [-0.05, 0) is 31.2 Å². The van der Waals surface area contributed by atoms with Gasteiger partial charge in [-0.15, -0.1) is 0 Å². The van der Waals surface area contributed by atoms with E-state index in [1.54, 1.807) is 6.92 Å². The smallest absolute Gasteiger partial charge is 0.306 e. The number of rotatable bonds is 7. The molecule has 21 heavy (non-hydrogen) atoms. The highest BCUT2D eigenvalue weighted by molar-refractivity contribution is 6.15. The summed E-state index contributed by atoms with van der Waals surface area (Å²) >= 11 is 0. The first-order chi connectivity index (χ1) is 10.1. The summed E-state index contributed by atoms with van der Waals surface area (Å²) in [6.07, 6.45) is 2.30. The second-order valence-electron chi connectivity index (χ2n) is 4.24. The van der Waals surface area contributed by atoms with Gasteiger partial charge in [0.1, 0.15) is 5.92 Å². The van der Waals surface area contributed by atoms with E-state index in [0.29, 0.717) is 0 Å². The lowest BCUT2D eigenvalue weighted by molar-refractivity contribution is -0.143. The van der Waals surface area contributed by atoms with E-state index in [-0.39, 0.29) is 24.5 Å². The summed E-state index contributed by atoms with van der Waals surface area (Å²) in [7, 11) is 0. The molecule has 0 spiro atoms. The molecule has 6 nitrogen and oxygen atoms in total. The quantitative estimate of drug-likeness (QED) is 0.442. The normalized spacial score (nSPS) is 10.6. The third-order valence-electron chi connectivity index (χ3n) is 2.84. The number of furan rings is 2. The Hall–Kier alpha value is -2.63. The van der Waals surface area contributed by atoms with Crippen LogP contribution in [-0.4, -0.2) is 24.1 Å². The Morgan fingerprint density at radius 2 is 1.57 bits per heavy atom. The highest BCUT2D eigenvalue weighted by Gasteiger charge is 2.34. The van der Waals surface area contributed by atoms with Gasteiger partial charge in [-0.2, -0.15) is 0 Å². The maximum Gasteiger partial charge on any atom is 0.306 e. The first-order valence-electron chi connectivity index (χ1n) is 6.44. The number of esters is 1. The maximum absolute atomic E-state index is 12.3. The number of hydrogen-bond acceptors (Lipinski definition) is 6. The minimum atomic E-state index is -1.22. The molecule has 0 aromatic carbocycles. The summed E-state index contributed by atoms with van der Waals surface area (Å²) in [5.74, 6) is -2.96. The second-order valence-corrected chi connectivity index (χ2v) is 4.24. The number of hydrogen-bond donors (Lipinski definition) is 0. The van der Waals surface area contributed by atoms with E-state index in [0.717, 1.165) is 0 Å². The lowest BCUT2D eigenvalue weighted by Crippen LogP contribution is -2.27. The van der Waals surface area contributed by atoms with E-state index < -0.39 is 23.5 Å². The van der Waals surface area contributed by atoms with E-state index in [2.05, 4.69) is 0 Å². The largest absolute Gasteiger partial charge is 0.466 e. The molecule has 2 aromatic heterocycles. The van der Waals surface area contributed by atoms with Gasteiger partial charge in [0.25, 0.3) is 0 Å². The molecule has 6 heteroatoms. The van der Waals surface area contributed by atoms with Crippen LogP contribution < -0.4 is 0 Å². The topological polar surface area (TPSA) is 86.7 Å². The van der Waals surface area contributed by atoms with Crippen LogP contribution in [-0.2, 0) is 9.53 Å². The summed E-state index contributed by atoms with van der Waals surface area (Å²) < 4.78 is 14.8. The second kappa shape index (κ2) is 6.69. The van der Waals surface area contributed by atoms with Crippen molar-refractivity contribution in [1.82, 2.24) is 0 Å². The van der Waals surface area contributed by atoms with Crippen molar-refractivity contribution >= 4 is 17.5 Å². The van der Waals surface area contributed by atoms with Gasteiger partial charge in [-0.1, -0.05) is 0 Å². The van der Waals surface area contributed by atoms with Gasteiger partial charge in [0, 0.05) is 0 Å². The van der Waals surface area contributed by atoms with E-state index in [1.807, 2.05) is 0 Å². The molecule has 0 bridgehead atoms. The van der Waals surface area contributed by atoms with Crippen molar-refractivity contribution in [3.8, 4) is 0 Å². The van der Waals surface area contributed by atoms with Crippen LogP contribution >= 0.6 is 0 Å². The van der Waals surface area contributed by atoms with Crippen molar-refractivity contribution < 1.29 is 28.0 Å². The summed E-state index contributed by atoms with van der Waals surface area (Å²) in [4.78, 5) is 36.3. The average Bonchev–Trinajstić information content (AvgIpc) is 3.15. The molecule has 0 atom stereocenters. The Bertz CT molecular complexity index is 562. The molecule has 0 radical (unpaired) electrons. The van der Waals surface area contributed by atoms with Gasteiger partial charge in [-0.25, -0.2) is 0 Å². The van der Waals surface area contributed by atoms with Gasteiger partial charge >= 0.3 is 5.97 Å². The Labute approximate surface area is 120 Å². The van der Waals surface area contributed by atoms with Gasteiger partial charge < -0.3 is 13.6 Å². The summed E-state index contributed by atoms with van der Waals surface area (Å²) in [6.45, 7) is 1.82. The fourth-order valence-corrected chi connectivity index (χ4v) is 1.87. The van der Waals surface area contributed by atoms with Crippen molar-refractivity contribution in [1.29, 1.82) is 0 Å². The molecule has 0 aliphatic heterocycles. The van der Waals surface area contributed by atoms with Gasteiger partial charge in [0.2, 0.25) is 11.6 Å². The molecule has 2 aromatic rings. The predicted molar refractivity (Wildman–Crippen MR) is 70.8 cm³/mol. The van der Waals surface area contributed by atoms with Crippen LogP contribution in [0.2, 0.25) is 0 Å². The summed E-state index contributed by atoms with van der Waals surface area (Å²) in [6, 6.07) is 5.95. The number of ketones is 2. The first kappa shape index (κ1) is 14.8. The molecule has 0 aliphatic carbocycles. The molecule has 110 valence electrons. The lowest BCUT2D eigenvalue weighted by atomic mass is 9.92. The van der Waals surface area contributed by atoms with E-state index >= 15 is 0 Å². The number of Topliss-reactive ketones (excluding diaryl/α,β-unsaturated/α-hetero) is 2. The Morgan fingerprint density at radius 1 is 1.05 bits per heavy atom. The van der Waals surface area contributed by atoms with Crippen molar-refractivity contribution in [2.75, 3.05) is 6.61 Å². The molecule has 2 rings (SSSR count). The number of carbonyl (C=O) groups is 3. The zero-order chi connectivity index (χ0) is 15.2. The molecule has 0 saturated heterocycles. The molecule has 2 heterocycles. The zero-order valence-corrected chi connectivity index (χ0v) is 11.4. The van der Waals surface area contributed by atoms with Crippen LogP contribution in [0.1, 0.15) is 34.5 Å². The molecule has 0 saturated carbocycles. The summed E-state index contributed by atoms with van der Waals surface area (Å²) in [5.41, 5.74) is 0. The van der Waals surface area contributed by atoms with Crippen LogP contribution in [0.4, 0.5) is 0 Å². The third-order valence-corrected chi connectivity index (χ3v) is 2.84. The molecule has 0 fully saturated rings. The van der Waals surface area contributed by atoms with Gasteiger partial charge in [0.15, 0.2) is 11.5 Å². The Balaban J connectivity index is 2.23. The molecular formula is C15H14O6. The molecule has 0 aliphatic rings. The van der Waals surface area contributed by atoms with Crippen LogP contribution in [0.25, 0.3) is 0 Å². The maximum atomic E-state index is 12.3. The molecular weight excluding hydrogens is 276 g/mol. The SMILES string of the molecule is CCOC(=O)CC(C(=O)c1ccco1)C(=O)c1ccco1. The van der Waals surface area contributed by atoms with Crippen molar-refractivity contribution in [2.45, 2.75) is 13.3 Å². The first-order valence-corrected chi connectivity index (χ1v) is 6.44. The highest BCUT2D eigenvalue weighted by Crippen LogP contribution is 2.19. The fourth-order valence-electron chi connectivity index (χ4n) is 1.87. The van der Waals surface area contributed by atoms with E-state index in [4.69, 9.17) is 13.6 Å². The minimum Gasteiger partial charge on any atom is -0.466 e. The van der Waals surface area contributed by atoms with Crippen molar-refractivity contribution in [3.63, 3.8) is 0 Å². The van der Waals surface area contributed by atoms with Crippen molar-refractivity contribution in [2.24, 2.45) is 5.92 Å². The van der Waals surface area contributed by atoms with Gasteiger partial charge in [0.05, 0.1) is 25.6 Å². The lowest BCUT2D eigenvalue weighted by Gasteiger charge is -2.11. The van der Waals surface area contributed by atoms with Gasteiger partial charge in [-0.3, -0.25) is 14.4 Å². The van der Waals surface area contributed by atoms with Crippen LogP contribution in [0.5, 0.6) is 0 Å². The predicted octanol–water partition coefficient (Wildman–Crippen LogP) is 2.51. The third kappa shape index (κ3) is 3.47. The van der Waals surface area contributed by atoms with Crippen LogP contribution in [0, 0.1) is 5.92 Å².